The molecular weight excluding hydrogens is 386 g/mol. The zero-order valence-corrected chi connectivity index (χ0v) is 17.3. The van der Waals surface area contributed by atoms with Crippen molar-refractivity contribution in [2.24, 2.45) is 0 Å². The third-order valence-corrected chi connectivity index (χ3v) is 4.77. The molecule has 8 nitrogen and oxygen atoms in total. The number of para-hydroxylation sites is 1. The number of nitrogens with zero attached hydrogens (tertiary/aromatic N) is 2. The molecule has 0 aliphatic rings. The van der Waals surface area contributed by atoms with Crippen molar-refractivity contribution in [1.29, 1.82) is 0 Å². The van der Waals surface area contributed by atoms with E-state index in [-0.39, 0.29) is 5.91 Å². The van der Waals surface area contributed by atoms with Crippen LogP contribution in [0.2, 0.25) is 0 Å². The maximum absolute atomic E-state index is 13.4. The lowest BCUT2D eigenvalue weighted by molar-refractivity contribution is -0.124. The van der Waals surface area contributed by atoms with Gasteiger partial charge in [-0.1, -0.05) is 12.1 Å². The highest BCUT2D eigenvalue weighted by Crippen LogP contribution is 2.17. The maximum Gasteiger partial charge on any atom is 0.336 e. The molecule has 2 aromatic carbocycles. The van der Waals surface area contributed by atoms with Crippen LogP contribution < -0.4 is 21.3 Å². The molecule has 0 aliphatic carbocycles. The zero-order valence-electron chi connectivity index (χ0n) is 17.3. The smallest absolute Gasteiger partial charge is 0.336 e. The van der Waals surface area contributed by atoms with Gasteiger partial charge in [0, 0.05) is 13.7 Å². The topological polar surface area (TPSA) is 91.6 Å². The molecule has 0 spiro atoms. The number of fused-ring (bicyclic) bond motifs is 1. The fourth-order valence-electron chi connectivity index (χ4n) is 3.28. The molecule has 0 aliphatic heterocycles. The molecule has 8 heteroatoms. The van der Waals surface area contributed by atoms with Crippen molar-refractivity contribution in [2.75, 3.05) is 26.9 Å². The van der Waals surface area contributed by atoms with E-state index in [1.165, 1.54) is 4.57 Å². The first-order chi connectivity index (χ1) is 14.5. The minimum Gasteiger partial charge on any atom is -0.494 e. The van der Waals surface area contributed by atoms with Gasteiger partial charge in [0.2, 0.25) is 5.91 Å². The Kier molecular flexibility index (Phi) is 6.68. The Balaban J connectivity index is 2.17. The van der Waals surface area contributed by atoms with Crippen LogP contribution in [0.5, 0.6) is 5.75 Å². The molecule has 0 saturated heterocycles. The Bertz CT molecular complexity index is 1150. The lowest BCUT2D eigenvalue weighted by atomic mass is 10.2. The Morgan fingerprint density at radius 2 is 1.80 bits per heavy atom. The number of carbonyl (C=O) groups is 1. The minimum absolute atomic E-state index is 0.324. The standard InChI is InChI=1S/C22H25N3O5/c1-4-30-17-11-9-16(10-12-17)25-21(27)18-7-5-6-8-19(18)24(22(25)28)15(2)20(26)23-13-14-29-3/h5-12,15H,4,13-14H2,1-3H3,(H,23,26)/t15-/m0/s1. The van der Waals surface area contributed by atoms with Crippen LogP contribution in [0, 0.1) is 0 Å². The first kappa shape index (κ1) is 21.3. The summed E-state index contributed by atoms with van der Waals surface area (Å²) in [6, 6.07) is 12.6. The van der Waals surface area contributed by atoms with Gasteiger partial charge in [0.05, 0.1) is 29.8 Å². The summed E-state index contributed by atoms with van der Waals surface area (Å²) in [5, 5.41) is 3.09. The number of rotatable bonds is 8. The van der Waals surface area contributed by atoms with Crippen molar-refractivity contribution in [1.82, 2.24) is 14.5 Å². The Morgan fingerprint density at radius 1 is 1.10 bits per heavy atom. The molecule has 0 radical (unpaired) electrons. The Morgan fingerprint density at radius 3 is 2.47 bits per heavy atom. The number of benzene rings is 2. The van der Waals surface area contributed by atoms with E-state index in [0.717, 1.165) is 4.57 Å². The van der Waals surface area contributed by atoms with Gasteiger partial charge in [-0.25, -0.2) is 9.36 Å². The normalized spacial score (nSPS) is 12.0. The molecule has 0 fully saturated rings. The van der Waals surface area contributed by atoms with Gasteiger partial charge < -0.3 is 14.8 Å². The van der Waals surface area contributed by atoms with Gasteiger partial charge in [-0.2, -0.15) is 0 Å². The molecular formula is C22H25N3O5. The summed E-state index contributed by atoms with van der Waals surface area (Å²) in [6.45, 7) is 4.70. The summed E-state index contributed by atoms with van der Waals surface area (Å²) in [4.78, 5) is 39.1. The first-order valence-electron chi connectivity index (χ1n) is 9.75. The number of ether oxygens (including phenoxy) is 2. The second-order valence-corrected chi connectivity index (χ2v) is 6.70. The highest BCUT2D eigenvalue weighted by atomic mass is 16.5. The van der Waals surface area contributed by atoms with Gasteiger partial charge in [-0.3, -0.25) is 14.2 Å². The van der Waals surface area contributed by atoms with Crippen LogP contribution in [0.4, 0.5) is 0 Å². The van der Waals surface area contributed by atoms with Gasteiger partial charge in [0.15, 0.2) is 0 Å². The fraction of sp³-hybridized carbons (Fsp3) is 0.318. The van der Waals surface area contributed by atoms with E-state index in [1.807, 2.05) is 6.92 Å². The number of carbonyl (C=O) groups excluding carboxylic acids is 1. The van der Waals surface area contributed by atoms with Gasteiger partial charge >= 0.3 is 5.69 Å². The molecule has 1 aromatic heterocycles. The summed E-state index contributed by atoms with van der Waals surface area (Å²) < 4.78 is 12.8. The van der Waals surface area contributed by atoms with Crippen molar-refractivity contribution in [3.05, 3.63) is 69.4 Å². The van der Waals surface area contributed by atoms with Crippen molar-refractivity contribution in [3.63, 3.8) is 0 Å². The summed E-state index contributed by atoms with van der Waals surface area (Å²) in [6.07, 6.45) is 0. The van der Waals surface area contributed by atoms with Crippen LogP contribution in [0.1, 0.15) is 19.9 Å². The molecule has 1 amide bonds. The highest BCUT2D eigenvalue weighted by Gasteiger charge is 2.22. The maximum atomic E-state index is 13.4. The second-order valence-electron chi connectivity index (χ2n) is 6.70. The number of aromatic nitrogens is 2. The Labute approximate surface area is 173 Å². The molecule has 30 heavy (non-hydrogen) atoms. The van der Waals surface area contributed by atoms with Gasteiger partial charge in [0.1, 0.15) is 11.8 Å². The quantitative estimate of drug-likeness (QED) is 0.572. The predicted octanol–water partition coefficient (Wildman–Crippen LogP) is 1.87. The van der Waals surface area contributed by atoms with Crippen LogP contribution in [0.3, 0.4) is 0 Å². The molecule has 158 valence electrons. The minimum atomic E-state index is -0.825. The van der Waals surface area contributed by atoms with Crippen LogP contribution in [-0.2, 0) is 9.53 Å². The molecule has 3 rings (SSSR count). The van der Waals surface area contributed by atoms with E-state index in [1.54, 1.807) is 62.6 Å². The Hall–Kier alpha value is -3.39. The van der Waals surface area contributed by atoms with Crippen LogP contribution >= 0.6 is 0 Å². The molecule has 3 aromatic rings. The molecule has 0 bridgehead atoms. The average molecular weight is 411 g/mol. The lowest BCUT2D eigenvalue weighted by Gasteiger charge is -2.19. The van der Waals surface area contributed by atoms with Gasteiger partial charge in [-0.15, -0.1) is 0 Å². The molecule has 0 saturated carbocycles. The van der Waals surface area contributed by atoms with Gasteiger partial charge in [0.25, 0.3) is 5.56 Å². The third kappa shape index (κ3) is 4.13. The third-order valence-electron chi connectivity index (χ3n) is 4.77. The first-order valence-corrected chi connectivity index (χ1v) is 9.75. The number of hydrogen-bond acceptors (Lipinski definition) is 5. The SMILES string of the molecule is CCOc1ccc(-n2c(=O)c3ccccc3n([C@@H](C)C(=O)NCCOC)c2=O)cc1. The molecule has 1 heterocycles. The van der Waals surface area contributed by atoms with E-state index in [2.05, 4.69) is 5.32 Å². The van der Waals surface area contributed by atoms with Crippen LogP contribution in [0.15, 0.2) is 58.1 Å². The van der Waals surface area contributed by atoms with Crippen LogP contribution in [-0.4, -0.2) is 41.9 Å². The largest absolute Gasteiger partial charge is 0.494 e. The fourth-order valence-corrected chi connectivity index (χ4v) is 3.28. The van der Waals surface area contributed by atoms with E-state index in [9.17, 15) is 14.4 Å². The lowest BCUT2D eigenvalue weighted by Crippen LogP contribution is -2.44. The van der Waals surface area contributed by atoms with E-state index >= 15 is 0 Å². The van der Waals surface area contributed by atoms with E-state index in [4.69, 9.17) is 9.47 Å². The van der Waals surface area contributed by atoms with Crippen molar-refractivity contribution in [2.45, 2.75) is 19.9 Å². The zero-order chi connectivity index (χ0) is 21.7. The number of amides is 1. The number of methoxy groups -OCH3 is 1. The second kappa shape index (κ2) is 9.41. The highest BCUT2D eigenvalue weighted by molar-refractivity contribution is 5.84. The summed E-state index contributed by atoms with van der Waals surface area (Å²) >= 11 is 0. The van der Waals surface area contributed by atoms with Gasteiger partial charge in [-0.05, 0) is 50.2 Å². The molecule has 1 atom stereocenters. The summed E-state index contributed by atoms with van der Waals surface area (Å²) in [7, 11) is 1.54. The molecule has 0 unspecified atom stereocenters. The number of hydrogen-bond donors (Lipinski definition) is 1. The van der Waals surface area contributed by atoms with E-state index < -0.39 is 17.3 Å². The number of nitrogens with one attached hydrogen (secondary N) is 1. The summed E-state index contributed by atoms with van der Waals surface area (Å²) in [5.74, 6) is 0.303. The van der Waals surface area contributed by atoms with Crippen molar-refractivity contribution >= 4 is 16.8 Å². The van der Waals surface area contributed by atoms with Crippen molar-refractivity contribution < 1.29 is 14.3 Å². The van der Waals surface area contributed by atoms with E-state index in [0.29, 0.717) is 42.1 Å². The predicted molar refractivity (Wildman–Crippen MR) is 115 cm³/mol. The monoisotopic (exact) mass is 411 g/mol. The molecule has 1 N–H and O–H groups in total. The van der Waals surface area contributed by atoms with Crippen LogP contribution in [0.25, 0.3) is 16.6 Å². The average Bonchev–Trinajstić information content (AvgIpc) is 2.75. The summed E-state index contributed by atoms with van der Waals surface area (Å²) in [5.41, 5.74) is -0.218. The van der Waals surface area contributed by atoms with Crippen molar-refractivity contribution in [3.8, 4) is 11.4 Å².